The molecule has 8 nitrogen and oxygen atoms in total. The van der Waals surface area contributed by atoms with E-state index in [0.29, 0.717) is 6.08 Å². The molecule has 23 heavy (non-hydrogen) atoms. The van der Waals surface area contributed by atoms with E-state index in [1.165, 1.54) is 0 Å². The molecule has 0 spiro atoms. The fourth-order valence-corrected chi connectivity index (χ4v) is 1.76. The number of ketones is 2. The summed E-state index contributed by atoms with van der Waals surface area (Å²) < 4.78 is 5.40. The first-order valence-corrected chi connectivity index (χ1v) is 7.12. The van der Waals surface area contributed by atoms with Gasteiger partial charge in [0.15, 0.2) is 11.5 Å². The maximum Gasteiger partial charge on any atom is 0.239 e. The first-order chi connectivity index (χ1) is 10.5. The summed E-state index contributed by atoms with van der Waals surface area (Å²) in [7, 11) is 0. The highest BCUT2D eigenvalue weighted by Crippen LogP contribution is 2.18. The molecular formula is C15H22N2O6. The topological polar surface area (TPSA) is 139 Å². The summed E-state index contributed by atoms with van der Waals surface area (Å²) >= 11 is 0. The van der Waals surface area contributed by atoms with Crippen LogP contribution in [0, 0.1) is 0 Å². The molecule has 0 fully saturated rings. The fraction of sp³-hybridized carbons (Fsp3) is 0.533. The number of hydrogen-bond donors (Lipinski definition) is 4. The zero-order valence-electron chi connectivity index (χ0n) is 13.4. The van der Waals surface area contributed by atoms with Crippen LogP contribution in [0.4, 0.5) is 0 Å². The Bertz CT molecular complexity index is 571. The van der Waals surface area contributed by atoms with Crippen molar-refractivity contribution in [2.45, 2.75) is 38.8 Å². The zero-order chi connectivity index (χ0) is 17.8. The van der Waals surface area contributed by atoms with Gasteiger partial charge in [0, 0.05) is 12.6 Å². The number of Topliss-reactive ketones (excluding diaryl/α,β-unsaturated/α-hetero) is 1. The first-order valence-electron chi connectivity index (χ1n) is 7.12. The third-order valence-corrected chi connectivity index (χ3v) is 3.00. The summed E-state index contributed by atoms with van der Waals surface area (Å²) in [4.78, 5) is 34.8. The summed E-state index contributed by atoms with van der Waals surface area (Å²) in [5.74, 6) is -3.62. The van der Waals surface area contributed by atoms with Gasteiger partial charge >= 0.3 is 0 Å². The summed E-state index contributed by atoms with van der Waals surface area (Å²) in [5.41, 5.74) is 5.01. The van der Waals surface area contributed by atoms with E-state index in [4.69, 9.17) is 10.5 Å². The monoisotopic (exact) mass is 326 g/mol. The van der Waals surface area contributed by atoms with Gasteiger partial charge in [-0.15, -0.1) is 0 Å². The molecule has 0 aliphatic heterocycles. The summed E-state index contributed by atoms with van der Waals surface area (Å²) in [6.45, 7) is 5.51. The van der Waals surface area contributed by atoms with E-state index >= 15 is 0 Å². The summed E-state index contributed by atoms with van der Waals surface area (Å²) in [6, 6.07) is -0.881. The number of ether oxygens (including phenoxy) is 1. The number of nitrogens with one attached hydrogen (secondary N) is 1. The van der Waals surface area contributed by atoms with Crippen LogP contribution in [0.25, 0.3) is 0 Å². The van der Waals surface area contributed by atoms with Crippen LogP contribution >= 0.6 is 0 Å². The van der Waals surface area contributed by atoms with Gasteiger partial charge in [-0.1, -0.05) is 0 Å². The molecule has 0 heterocycles. The Hall–Kier alpha value is -2.19. The van der Waals surface area contributed by atoms with Gasteiger partial charge in [-0.3, -0.25) is 14.4 Å². The predicted molar refractivity (Wildman–Crippen MR) is 81.7 cm³/mol. The molecule has 0 aromatic rings. The minimum Gasteiger partial charge on any atom is -0.504 e. The maximum atomic E-state index is 11.8. The van der Waals surface area contributed by atoms with E-state index in [0.717, 1.165) is 0 Å². The minimum atomic E-state index is -0.881. The van der Waals surface area contributed by atoms with Gasteiger partial charge in [0.1, 0.15) is 6.04 Å². The Labute approximate surface area is 134 Å². The Morgan fingerprint density at radius 1 is 1.35 bits per heavy atom. The van der Waals surface area contributed by atoms with Crippen LogP contribution in [0.15, 0.2) is 23.2 Å². The molecule has 0 saturated heterocycles. The predicted octanol–water partition coefficient (Wildman–Crippen LogP) is 0.0409. The van der Waals surface area contributed by atoms with E-state index in [-0.39, 0.29) is 25.1 Å². The molecule has 0 aromatic carbocycles. The van der Waals surface area contributed by atoms with Gasteiger partial charge in [0.25, 0.3) is 0 Å². The average Bonchev–Trinajstić information content (AvgIpc) is 2.45. The lowest BCUT2D eigenvalue weighted by Crippen LogP contribution is -2.45. The Morgan fingerprint density at radius 3 is 2.52 bits per heavy atom. The van der Waals surface area contributed by atoms with Crippen molar-refractivity contribution in [1.29, 1.82) is 0 Å². The second-order valence-electron chi connectivity index (χ2n) is 6.12. The number of nitrogens with two attached hydrogens (primary N) is 1. The highest BCUT2D eigenvalue weighted by molar-refractivity contribution is 6.20. The highest BCUT2D eigenvalue weighted by Gasteiger charge is 2.28. The van der Waals surface area contributed by atoms with Crippen LogP contribution in [0.3, 0.4) is 0 Å². The molecule has 1 amide bonds. The number of rotatable bonds is 6. The highest BCUT2D eigenvalue weighted by atomic mass is 16.5. The smallest absolute Gasteiger partial charge is 0.239 e. The number of carbonyl (C=O) groups excluding carboxylic acids is 3. The van der Waals surface area contributed by atoms with Crippen molar-refractivity contribution in [2.24, 2.45) is 5.73 Å². The van der Waals surface area contributed by atoms with Gasteiger partial charge in [-0.05, 0) is 27.2 Å². The van der Waals surface area contributed by atoms with Crippen LogP contribution < -0.4 is 11.1 Å². The molecule has 1 atom stereocenters. The van der Waals surface area contributed by atoms with Crippen molar-refractivity contribution < 1.29 is 29.3 Å². The molecule has 1 aliphatic rings. The van der Waals surface area contributed by atoms with Gasteiger partial charge in [0.05, 0.1) is 17.8 Å². The van der Waals surface area contributed by atoms with E-state index in [1.54, 1.807) is 0 Å². The molecule has 0 radical (unpaired) electrons. The van der Waals surface area contributed by atoms with Crippen molar-refractivity contribution in [3.05, 3.63) is 23.2 Å². The number of aliphatic hydroxyl groups excluding tert-OH is 2. The van der Waals surface area contributed by atoms with Crippen molar-refractivity contribution in [1.82, 2.24) is 5.32 Å². The lowest BCUT2D eigenvalue weighted by Gasteiger charge is -2.22. The summed E-state index contributed by atoms with van der Waals surface area (Å²) in [6.07, 6.45) is 0.548. The maximum absolute atomic E-state index is 11.8. The van der Waals surface area contributed by atoms with Gasteiger partial charge < -0.3 is 26.0 Å². The number of aliphatic hydroxyl groups is 2. The molecule has 1 rings (SSSR count). The average molecular weight is 326 g/mol. The van der Waals surface area contributed by atoms with E-state index in [9.17, 15) is 24.6 Å². The lowest BCUT2D eigenvalue weighted by atomic mass is 9.97. The van der Waals surface area contributed by atoms with Crippen molar-refractivity contribution in [3.8, 4) is 0 Å². The molecular weight excluding hydrogens is 304 g/mol. The second kappa shape index (κ2) is 7.38. The van der Waals surface area contributed by atoms with Crippen LogP contribution in [0.5, 0.6) is 0 Å². The molecule has 128 valence electrons. The van der Waals surface area contributed by atoms with E-state index in [1.807, 2.05) is 20.8 Å². The second-order valence-corrected chi connectivity index (χ2v) is 6.12. The van der Waals surface area contributed by atoms with E-state index < -0.39 is 40.6 Å². The summed E-state index contributed by atoms with van der Waals surface area (Å²) in [5, 5.41) is 21.4. The SMILES string of the molecule is CC(C)(C)OC[C@H](N)C(=O)NCCC1=C(O)C(=O)C=C(O)C1=O. The minimum absolute atomic E-state index is 0.0201. The van der Waals surface area contributed by atoms with Gasteiger partial charge in [-0.2, -0.15) is 0 Å². The quantitative estimate of drug-likeness (QED) is 0.505. The number of amides is 1. The third kappa shape index (κ3) is 5.50. The van der Waals surface area contributed by atoms with Crippen LogP contribution in [0.1, 0.15) is 27.2 Å². The molecule has 0 aromatic heterocycles. The zero-order valence-corrected chi connectivity index (χ0v) is 13.4. The molecule has 0 saturated carbocycles. The Balaban J connectivity index is 2.50. The fourth-order valence-electron chi connectivity index (χ4n) is 1.76. The number of carbonyl (C=O) groups is 3. The molecule has 1 aliphatic carbocycles. The van der Waals surface area contributed by atoms with Crippen LogP contribution in [-0.2, 0) is 19.1 Å². The largest absolute Gasteiger partial charge is 0.504 e. The Kier molecular flexibility index (Phi) is 6.05. The van der Waals surface area contributed by atoms with Gasteiger partial charge in [-0.25, -0.2) is 0 Å². The lowest BCUT2D eigenvalue weighted by molar-refractivity contribution is -0.125. The van der Waals surface area contributed by atoms with E-state index in [2.05, 4.69) is 5.32 Å². The first kappa shape index (κ1) is 18.9. The van der Waals surface area contributed by atoms with Gasteiger partial charge in [0.2, 0.25) is 17.5 Å². The van der Waals surface area contributed by atoms with Crippen molar-refractivity contribution >= 4 is 17.5 Å². The Morgan fingerprint density at radius 2 is 1.96 bits per heavy atom. The van der Waals surface area contributed by atoms with Crippen molar-refractivity contribution in [3.63, 3.8) is 0 Å². The standard InChI is InChI=1S/C15H22N2O6/c1-15(2,3)23-7-9(16)14(22)17-5-4-8-12(20)10(18)6-11(19)13(8)21/h6,9,18,21H,4-5,7,16H2,1-3H3,(H,17,22)/t9-/m0/s1. The molecule has 8 heteroatoms. The molecule has 0 bridgehead atoms. The van der Waals surface area contributed by atoms with Crippen molar-refractivity contribution in [2.75, 3.05) is 13.2 Å². The molecule has 5 N–H and O–H groups in total. The number of allylic oxidation sites excluding steroid dienone is 2. The van der Waals surface area contributed by atoms with Crippen LogP contribution in [-0.4, -0.2) is 52.5 Å². The number of hydrogen-bond acceptors (Lipinski definition) is 7. The third-order valence-electron chi connectivity index (χ3n) is 3.00. The molecule has 0 unspecified atom stereocenters. The van der Waals surface area contributed by atoms with Crippen LogP contribution in [0.2, 0.25) is 0 Å². The normalized spacial score (nSPS) is 17.1.